The zero-order valence-electron chi connectivity index (χ0n) is 21.2. The number of anilines is 1. The predicted octanol–water partition coefficient (Wildman–Crippen LogP) is 6.33. The summed E-state index contributed by atoms with van der Waals surface area (Å²) in [4.78, 5) is 27.1. The Morgan fingerprint density at radius 2 is 1.97 bits per heavy atom. The van der Waals surface area contributed by atoms with E-state index in [1.54, 1.807) is 7.05 Å². The monoisotopic (exact) mass is 488 g/mol. The molecule has 1 saturated heterocycles. The number of hydrogen-bond acceptors (Lipinski definition) is 5. The van der Waals surface area contributed by atoms with Gasteiger partial charge in [-0.3, -0.25) is 9.59 Å². The highest BCUT2D eigenvalue weighted by atomic mass is 16.4. The largest absolute Gasteiger partial charge is 0.481 e. The van der Waals surface area contributed by atoms with Crippen LogP contribution in [0.4, 0.5) is 11.4 Å². The number of carbonyl (C=O) groups is 2. The molecular formula is C29H36N4O3. The molecule has 1 aliphatic heterocycles. The van der Waals surface area contributed by atoms with Crippen molar-refractivity contribution < 1.29 is 14.7 Å². The molecule has 2 aromatic rings. The second kappa shape index (κ2) is 10.0. The van der Waals surface area contributed by atoms with Crippen molar-refractivity contribution in [2.24, 2.45) is 17.0 Å². The molecule has 2 fully saturated rings. The van der Waals surface area contributed by atoms with E-state index in [-0.39, 0.29) is 24.3 Å². The molecule has 1 heterocycles. The second-order valence-corrected chi connectivity index (χ2v) is 10.8. The number of amides is 1. The van der Waals surface area contributed by atoms with Gasteiger partial charge in [-0.1, -0.05) is 43.5 Å². The number of fused-ring (bicyclic) bond motifs is 3. The summed E-state index contributed by atoms with van der Waals surface area (Å²) in [6, 6.07) is 10.3. The smallest absolute Gasteiger partial charge is 0.304 e. The molecule has 2 aliphatic carbocycles. The summed E-state index contributed by atoms with van der Waals surface area (Å²) in [5.41, 5.74) is 14.1. The van der Waals surface area contributed by atoms with E-state index in [9.17, 15) is 14.7 Å². The van der Waals surface area contributed by atoms with Crippen molar-refractivity contribution >= 4 is 23.3 Å². The van der Waals surface area contributed by atoms with Crippen molar-refractivity contribution in [1.82, 2.24) is 4.90 Å². The van der Waals surface area contributed by atoms with Gasteiger partial charge in [0.2, 0.25) is 5.91 Å². The van der Waals surface area contributed by atoms with Crippen molar-refractivity contribution in [2.75, 3.05) is 18.9 Å². The van der Waals surface area contributed by atoms with E-state index in [0.717, 1.165) is 35.3 Å². The maximum atomic E-state index is 13.0. The number of rotatable bonds is 8. The first-order valence-corrected chi connectivity index (χ1v) is 13.2. The zero-order chi connectivity index (χ0) is 25.4. The number of nitrogens with zero attached hydrogens (tertiary/aromatic N) is 2. The van der Waals surface area contributed by atoms with E-state index >= 15 is 0 Å². The maximum absolute atomic E-state index is 13.0. The van der Waals surface area contributed by atoms with Crippen molar-refractivity contribution in [1.29, 1.82) is 5.53 Å². The van der Waals surface area contributed by atoms with Gasteiger partial charge >= 0.3 is 5.97 Å². The number of nitrogens with one attached hydrogen (secondary N) is 2. The molecule has 1 saturated carbocycles. The molecule has 2 aromatic carbocycles. The number of aliphatic carboxylic acids is 1. The van der Waals surface area contributed by atoms with Crippen LogP contribution < -0.4 is 5.32 Å². The Morgan fingerprint density at radius 3 is 2.67 bits per heavy atom. The Bertz CT molecular complexity index is 1190. The quantitative estimate of drug-likeness (QED) is 0.377. The number of likely N-dealkylation sites (tertiary alicyclic amines) is 1. The topological polar surface area (TPSA) is 106 Å². The number of benzene rings is 2. The van der Waals surface area contributed by atoms with E-state index in [1.807, 2.05) is 19.1 Å². The van der Waals surface area contributed by atoms with E-state index in [1.165, 1.54) is 43.2 Å². The van der Waals surface area contributed by atoms with Crippen LogP contribution in [0.15, 0.2) is 35.4 Å². The first kappa shape index (κ1) is 24.5. The lowest BCUT2D eigenvalue weighted by molar-refractivity contribution is -0.137. The minimum atomic E-state index is -0.866. The first-order valence-electron chi connectivity index (χ1n) is 13.2. The van der Waals surface area contributed by atoms with Crippen molar-refractivity contribution in [3.05, 3.63) is 58.1 Å². The fourth-order valence-corrected chi connectivity index (χ4v) is 6.93. The summed E-state index contributed by atoms with van der Waals surface area (Å²) in [5.74, 6) is -0.0469. The molecule has 36 heavy (non-hydrogen) atoms. The van der Waals surface area contributed by atoms with E-state index < -0.39 is 5.97 Å². The van der Waals surface area contributed by atoms with Gasteiger partial charge in [-0.05, 0) is 71.9 Å². The Hall–Kier alpha value is -3.22. The predicted molar refractivity (Wildman–Crippen MR) is 139 cm³/mol. The van der Waals surface area contributed by atoms with Gasteiger partial charge in [0.25, 0.3) is 0 Å². The average Bonchev–Trinajstić information content (AvgIpc) is 3.37. The van der Waals surface area contributed by atoms with E-state index in [0.29, 0.717) is 23.9 Å². The lowest BCUT2D eigenvalue weighted by Gasteiger charge is -2.32. The van der Waals surface area contributed by atoms with Crippen LogP contribution >= 0.6 is 0 Å². The molecule has 3 aliphatic rings. The van der Waals surface area contributed by atoms with Crippen LogP contribution in [0.5, 0.6) is 0 Å². The van der Waals surface area contributed by atoms with Gasteiger partial charge in [0.15, 0.2) is 0 Å². The Balaban J connectivity index is 1.51. The minimum absolute atomic E-state index is 0.0468. The number of hydrogen-bond donors (Lipinski definition) is 3. The van der Waals surface area contributed by atoms with E-state index in [4.69, 9.17) is 5.53 Å². The average molecular weight is 489 g/mol. The lowest BCUT2D eigenvalue weighted by atomic mass is 9.83. The zero-order valence-corrected chi connectivity index (χ0v) is 21.2. The van der Waals surface area contributed by atoms with Crippen molar-refractivity contribution in [3.63, 3.8) is 0 Å². The highest BCUT2D eigenvalue weighted by Gasteiger charge is 2.46. The molecule has 0 bridgehead atoms. The molecule has 7 heteroatoms. The highest BCUT2D eigenvalue weighted by Crippen LogP contribution is 2.49. The van der Waals surface area contributed by atoms with Gasteiger partial charge in [0, 0.05) is 25.9 Å². The summed E-state index contributed by atoms with van der Waals surface area (Å²) in [6.45, 7) is 2.75. The summed E-state index contributed by atoms with van der Waals surface area (Å²) in [7, 11) is 1.79. The van der Waals surface area contributed by atoms with Gasteiger partial charge in [0.1, 0.15) is 5.69 Å². The summed E-state index contributed by atoms with van der Waals surface area (Å²) >= 11 is 0. The van der Waals surface area contributed by atoms with Gasteiger partial charge in [0.05, 0.1) is 18.2 Å². The van der Waals surface area contributed by atoms with Crippen molar-refractivity contribution in [3.8, 4) is 0 Å². The normalized spacial score (nSPS) is 22.3. The van der Waals surface area contributed by atoms with Crippen LogP contribution in [-0.2, 0) is 16.0 Å². The fourth-order valence-electron chi connectivity index (χ4n) is 6.93. The number of carbonyl (C=O) groups excluding carboxylic acids is 1. The molecular weight excluding hydrogens is 452 g/mol. The summed E-state index contributed by atoms with van der Waals surface area (Å²) in [6.07, 6.45) is 7.72. The maximum Gasteiger partial charge on any atom is 0.304 e. The summed E-state index contributed by atoms with van der Waals surface area (Å²) in [5, 5.41) is 16.6. The van der Waals surface area contributed by atoms with Crippen LogP contribution in [-0.4, -0.2) is 35.5 Å². The van der Waals surface area contributed by atoms with Crippen LogP contribution in [0, 0.1) is 24.3 Å². The van der Waals surface area contributed by atoms with Gasteiger partial charge in [-0.2, -0.15) is 5.11 Å². The van der Waals surface area contributed by atoms with Gasteiger partial charge < -0.3 is 15.3 Å². The van der Waals surface area contributed by atoms with Crippen molar-refractivity contribution in [2.45, 2.75) is 70.3 Å². The van der Waals surface area contributed by atoms with Crippen LogP contribution in [0.1, 0.15) is 84.7 Å². The first-order chi connectivity index (χ1) is 17.4. The molecule has 3 atom stereocenters. The fraction of sp³-hybridized carbons (Fsp3) is 0.517. The van der Waals surface area contributed by atoms with Crippen LogP contribution in [0.25, 0.3) is 0 Å². The SMILES string of the molecule is CNc1ccc(C(CC(=O)O)c2ccc3c(c2)C2C(CC(=O)N2CC2CCCCC2)C3)c(C)c1N=N. The molecule has 0 spiro atoms. The Kier molecular flexibility index (Phi) is 6.82. The van der Waals surface area contributed by atoms with E-state index in [2.05, 4.69) is 33.5 Å². The molecule has 190 valence electrons. The highest BCUT2D eigenvalue weighted by molar-refractivity contribution is 5.80. The summed E-state index contributed by atoms with van der Waals surface area (Å²) < 4.78 is 0. The lowest BCUT2D eigenvalue weighted by Crippen LogP contribution is -2.33. The molecule has 7 nitrogen and oxygen atoms in total. The molecule has 5 rings (SSSR count). The third kappa shape index (κ3) is 4.40. The molecule has 3 unspecified atom stereocenters. The molecule has 3 N–H and O–H groups in total. The van der Waals surface area contributed by atoms with Crippen LogP contribution in [0.3, 0.4) is 0 Å². The Labute approximate surface area is 212 Å². The molecule has 1 amide bonds. The minimum Gasteiger partial charge on any atom is -0.481 e. The number of carboxylic acid groups (broad SMARTS) is 1. The molecule has 0 aromatic heterocycles. The van der Waals surface area contributed by atoms with Gasteiger partial charge in [-0.15, -0.1) is 0 Å². The van der Waals surface area contributed by atoms with Gasteiger partial charge in [-0.25, -0.2) is 5.53 Å². The van der Waals surface area contributed by atoms with Crippen LogP contribution in [0.2, 0.25) is 0 Å². The molecule has 0 radical (unpaired) electrons. The standard InChI is InChI=1S/C29H36N4O3/c1-17-22(10-11-25(31-2)28(17)32-30)23(15-27(35)36)20-9-8-19-12-21-14-26(34)33(29(21)24(19)13-20)16-18-6-4-3-5-7-18/h8-11,13,18,21,23,29-31H,3-7,12,14-16H2,1-2H3,(H,35,36). The number of carboxylic acids is 1. The second-order valence-electron chi connectivity index (χ2n) is 10.8. The Morgan fingerprint density at radius 1 is 1.19 bits per heavy atom. The third-order valence-electron chi connectivity index (χ3n) is 8.70. The third-order valence-corrected chi connectivity index (χ3v) is 8.70.